The van der Waals surface area contributed by atoms with Crippen molar-refractivity contribution < 1.29 is 19.4 Å². The standard InChI is InChI=1S/C27H33NO4/c1-26(2)19-15-20-24(18-9-10-22(31-3)21(29)14-18)32-12-11-27(20,16-19)25(26)28-23(30)13-17-7-5-4-6-8-17/h4-10,14,19-20,24-25,29H,11-13,15-16H2,1-3H3,(H,28,30)/t19-,20-,24-,25+,27-/m1/s1. The Hall–Kier alpha value is -2.53. The number of fused-ring (bicyclic) bond motifs is 1. The number of phenols is 1. The van der Waals surface area contributed by atoms with Crippen LogP contribution < -0.4 is 10.1 Å². The predicted molar refractivity (Wildman–Crippen MR) is 122 cm³/mol. The van der Waals surface area contributed by atoms with Crippen LogP contribution in [0, 0.1) is 22.7 Å². The van der Waals surface area contributed by atoms with E-state index >= 15 is 0 Å². The maximum absolute atomic E-state index is 13.1. The number of carbonyl (C=O) groups excluding carboxylic acids is 1. The minimum atomic E-state index is -0.0739. The van der Waals surface area contributed by atoms with Gasteiger partial charge < -0.3 is 19.9 Å². The summed E-state index contributed by atoms with van der Waals surface area (Å²) in [6.07, 6.45) is 3.52. The van der Waals surface area contributed by atoms with Crippen molar-refractivity contribution in [2.24, 2.45) is 22.7 Å². The van der Waals surface area contributed by atoms with Gasteiger partial charge in [0.2, 0.25) is 5.91 Å². The molecule has 2 saturated carbocycles. The fraction of sp³-hybridized carbons (Fsp3) is 0.519. The van der Waals surface area contributed by atoms with Crippen molar-refractivity contribution in [2.45, 2.75) is 51.7 Å². The Balaban J connectivity index is 1.42. The Morgan fingerprint density at radius 1 is 1.22 bits per heavy atom. The van der Waals surface area contributed by atoms with E-state index in [4.69, 9.17) is 9.47 Å². The lowest BCUT2D eigenvalue weighted by atomic mass is 9.59. The van der Waals surface area contributed by atoms with Gasteiger partial charge in [0.15, 0.2) is 11.5 Å². The molecule has 1 amide bonds. The highest BCUT2D eigenvalue weighted by Gasteiger charge is 2.68. The summed E-state index contributed by atoms with van der Waals surface area (Å²) in [6.45, 7) is 5.31. The third kappa shape index (κ3) is 3.29. The first kappa shape index (κ1) is 21.3. The van der Waals surface area contributed by atoms with Crippen LogP contribution in [0.25, 0.3) is 0 Å². The number of hydrogen-bond acceptors (Lipinski definition) is 4. The predicted octanol–water partition coefficient (Wildman–Crippen LogP) is 4.64. The van der Waals surface area contributed by atoms with Crippen LogP contribution in [-0.4, -0.2) is 30.8 Å². The molecule has 170 valence electrons. The summed E-state index contributed by atoms with van der Waals surface area (Å²) in [6, 6.07) is 15.7. The number of phenolic OH excluding ortho intramolecular Hbond substituents is 1. The van der Waals surface area contributed by atoms with Crippen molar-refractivity contribution in [1.29, 1.82) is 0 Å². The van der Waals surface area contributed by atoms with Crippen LogP contribution in [0.3, 0.4) is 0 Å². The second-order valence-electron chi connectivity index (χ2n) is 10.4. The number of hydrogen-bond donors (Lipinski definition) is 2. The summed E-state index contributed by atoms with van der Waals surface area (Å²) < 4.78 is 11.5. The molecule has 1 aliphatic heterocycles. The molecule has 0 aromatic heterocycles. The molecule has 1 saturated heterocycles. The molecule has 1 heterocycles. The lowest BCUT2D eigenvalue weighted by Gasteiger charge is -2.53. The first-order valence-corrected chi connectivity index (χ1v) is 11.7. The Labute approximate surface area is 190 Å². The Morgan fingerprint density at radius 2 is 2.00 bits per heavy atom. The number of aromatic hydroxyl groups is 1. The minimum Gasteiger partial charge on any atom is -0.504 e. The molecule has 5 heteroatoms. The van der Waals surface area contributed by atoms with E-state index in [2.05, 4.69) is 19.2 Å². The molecule has 32 heavy (non-hydrogen) atoms. The average Bonchev–Trinajstić information content (AvgIpc) is 3.27. The summed E-state index contributed by atoms with van der Waals surface area (Å²) in [5.74, 6) is 1.58. The fourth-order valence-electron chi connectivity index (χ4n) is 6.99. The number of nitrogens with one attached hydrogen (secondary N) is 1. The SMILES string of the molecule is COc1ccc([C@H]2OCC[C@@]34C[C@@H](C[C@H]23)C(C)(C)[C@@H]4NC(=O)Cc2ccccc2)cc1O. The van der Waals surface area contributed by atoms with E-state index < -0.39 is 0 Å². The summed E-state index contributed by atoms with van der Waals surface area (Å²) in [5.41, 5.74) is 2.11. The maximum atomic E-state index is 13.1. The lowest BCUT2D eigenvalue weighted by molar-refractivity contribution is -0.136. The zero-order valence-corrected chi connectivity index (χ0v) is 19.1. The Morgan fingerprint density at radius 3 is 2.72 bits per heavy atom. The molecule has 5 nitrogen and oxygen atoms in total. The Kier molecular flexibility index (Phi) is 5.20. The zero-order valence-electron chi connectivity index (χ0n) is 19.1. The smallest absolute Gasteiger partial charge is 0.224 e. The summed E-state index contributed by atoms with van der Waals surface area (Å²) in [4.78, 5) is 13.1. The molecular formula is C27H33NO4. The first-order chi connectivity index (χ1) is 15.3. The van der Waals surface area contributed by atoms with Gasteiger partial charge in [-0.1, -0.05) is 50.2 Å². The summed E-state index contributed by atoms with van der Waals surface area (Å²) in [5, 5.41) is 13.8. The fourth-order valence-corrected chi connectivity index (χ4v) is 6.99. The highest BCUT2D eigenvalue weighted by Crippen LogP contribution is 2.70. The molecule has 0 unspecified atom stereocenters. The van der Waals surface area contributed by atoms with Gasteiger partial charge >= 0.3 is 0 Å². The molecule has 2 aliphatic carbocycles. The molecule has 5 atom stereocenters. The molecule has 2 bridgehead atoms. The maximum Gasteiger partial charge on any atom is 0.224 e. The quantitative estimate of drug-likeness (QED) is 0.718. The van der Waals surface area contributed by atoms with E-state index in [1.165, 1.54) is 0 Å². The van der Waals surface area contributed by atoms with Gasteiger partial charge in [-0.25, -0.2) is 0 Å². The average molecular weight is 436 g/mol. The lowest BCUT2D eigenvalue weighted by Crippen LogP contribution is -2.59. The van der Waals surface area contributed by atoms with Gasteiger partial charge in [0.25, 0.3) is 0 Å². The van der Waals surface area contributed by atoms with Crippen molar-refractivity contribution >= 4 is 5.91 Å². The highest BCUT2D eigenvalue weighted by atomic mass is 16.5. The molecule has 1 spiro atoms. The van der Waals surface area contributed by atoms with Gasteiger partial charge in [0.05, 0.1) is 19.6 Å². The van der Waals surface area contributed by atoms with Gasteiger partial charge in [-0.05, 0) is 65.2 Å². The second kappa shape index (κ2) is 7.80. The van der Waals surface area contributed by atoms with E-state index in [1.807, 2.05) is 42.5 Å². The van der Waals surface area contributed by atoms with Gasteiger partial charge in [0, 0.05) is 12.6 Å². The summed E-state index contributed by atoms with van der Waals surface area (Å²) >= 11 is 0. The molecule has 2 N–H and O–H groups in total. The zero-order chi connectivity index (χ0) is 22.5. The van der Waals surface area contributed by atoms with Crippen LogP contribution in [0.2, 0.25) is 0 Å². The molecule has 3 fully saturated rings. The number of amides is 1. The summed E-state index contributed by atoms with van der Waals surface area (Å²) in [7, 11) is 1.56. The normalized spacial score (nSPS) is 32.3. The third-order valence-electron chi connectivity index (χ3n) is 8.55. The van der Waals surface area contributed by atoms with Gasteiger partial charge in [0.1, 0.15) is 0 Å². The number of ether oxygens (including phenoxy) is 2. The highest BCUT2D eigenvalue weighted by molar-refractivity contribution is 5.79. The van der Waals surface area contributed by atoms with Crippen LogP contribution in [0.1, 0.15) is 50.3 Å². The number of rotatable bonds is 5. The van der Waals surface area contributed by atoms with Crippen LogP contribution in [-0.2, 0) is 16.0 Å². The van der Waals surface area contributed by atoms with Crippen molar-refractivity contribution in [3.05, 3.63) is 59.7 Å². The van der Waals surface area contributed by atoms with E-state index in [0.717, 1.165) is 30.4 Å². The van der Waals surface area contributed by atoms with Crippen LogP contribution >= 0.6 is 0 Å². The van der Waals surface area contributed by atoms with E-state index in [-0.39, 0.29) is 34.6 Å². The molecule has 3 aliphatic rings. The van der Waals surface area contributed by atoms with Crippen LogP contribution in [0.4, 0.5) is 0 Å². The molecule has 2 aromatic carbocycles. The number of methoxy groups -OCH3 is 1. The van der Waals surface area contributed by atoms with Gasteiger partial charge in [-0.2, -0.15) is 0 Å². The molecule has 2 aromatic rings. The van der Waals surface area contributed by atoms with E-state index in [1.54, 1.807) is 13.2 Å². The van der Waals surface area contributed by atoms with Gasteiger partial charge in [-0.15, -0.1) is 0 Å². The van der Waals surface area contributed by atoms with Crippen molar-refractivity contribution in [3.63, 3.8) is 0 Å². The molecular weight excluding hydrogens is 402 g/mol. The molecule has 0 radical (unpaired) electrons. The number of carbonyl (C=O) groups is 1. The van der Waals surface area contributed by atoms with Crippen LogP contribution in [0.5, 0.6) is 11.5 Å². The molecule has 5 rings (SSSR count). The minimum absolute atomic E-state index is 0.0268. The van der Waals surface area contributed by atoms with Crippen molar-refractivity contribution in [3.8, 4) is 11.5 Å². The van der Waals surface area contributed by atoms with E-state index in [0.29, 0.717) is 30.6 Å². The van der Waals surface area contributed by atoms with Crippen molar-refractivity contribution in [1.82, 2.24) is 5.32 Å². The van der Waals surface area contributed by atoms with Crippen molar-refractivity contribution in [2.75, 3.05) is 13.7 Å². The van der Waals surface area contributed by atoms with E-state index in [9.17, 15) is 9.90 Å². The topological polar surface area (TPSA) is 67.8 Å². The Bertz CT molecular complexity index is 1000. The third-order valence-corrected chi connectivity index (χ3v) is 8.55. The monoisotopic (exact) mass is 435 g/mol. The van der Waals surface area contributed by atoms with Gasteiger partial charge in [-0.3, -0.25) is 4.79 Å². The first-order valence-electron chi connectivity index (χ1n) is 11.7. The second-order valence-corrected chi connectivity index (χ2v) is 10.4. The number of benzene rings is 2. The van der Waals surface area contributed by atoms with Crippen LogP contribution in [0.15, 0.2) is 48.5 Å². The largest absolute Gasteiger partial charge is 0.504 e.